The lowest BCUT2D eigenvalue weighted by Gasteiger charge is -2.32. The number of rotatable bonds is 4. The summed E-state index contributed by atoms with van der Waals surface area (Å²) in [5, 5.41) is 0. The lowest BCUT2D eigenvalue weighted by atomic mass is 9.88. The van der Waals surface area contributed by atoms with E-state index < -0.39 is 19.9 Å². The van der Waals surface area contributed by atoms with Crippen LogP contribution >= 0.6 is 0 Å². The van der Waals surface area contributed by atoms with E-state index in [1.165, 1.54) is 34.1 Å². The van der Waals surface area contributed by atoms with E-state index in [2.05, 4.69) is 0 Å². The van der Waals surface area contributed by atoms with Crippen LogP contribution in [-0.2, 0) is 26.3 Å². The van der Waals surface area contributed by atoms with E-state index in [0.29, 0.717) is 0 Å². The van der Waals surface area contributed by atoms with Gasteiger partial charge < -0.3 is 0 Å². The van der Waals surface area contributed by atoms with Gasteiger partial charge in [0.2, 0.25) is 10.0 Å². The fourth-order valence-corrected chi connectivity index (χ4v) is 5.30. The van der Waals surface area contributed by atoms with Crippen LogP contribution < -0.4 is 0 Å². The molecule has 25 heavy (non-hydrogen) atoms. The molecule has 3 rings (SSSR count). The summed E-state index contributed by atoms with van der Waals surface area (Å²) in [7, 11) is -5.47. The molecule has 0 saturated carbocycles. The van der Waals surface area contributed by atoms with E-state index in [4.69, 9.17) is 0 Å². The van der Waals surface area contributed by atoms with Crippen LogP contribution in [0.3, 0.4) is 0 Å². The summed E-state index contributed by atoms with van der Waals surface area (Å²) in [4.78, 5) is 0.211. The lowest BCUT2D eigenvalue weighted by Crippen LogP contribution is -2.33. The van der Waals surface area contributed by atoms with Gasteiger partial charge in [-0.2, -0.15) is 4.31 Å². The lowest BCUT2D eigenvalue weighted by molar-refractivity contribution is 0.337. The van der Waals surface area contributed by atoms with Gasteiger partial charge in [0.25, 0.3) is 0 Å². The molecule has 1 unspecified atom stereocenters. The number of sulfone groups is 1. The Balaban J connectivity index is 1.95. The SMILES string of the molecule is CN(C1CCCc2ccccc21)S(=O)(=O)c1ccc(S(C)(=O)=O)cc1. The van der Waals surface area contributed by atoms with Crippen molar-refractivity contribution in [1.82, 2.24) is 4.31 Å². The molecule has 1 aliphatic rings. The number of fused-ring (bicyclic) bond motifs is 1. The van der Waals surface area contributed by atoms with Crippen LogP contribution in [0.25, 0.3) is 0 Å². The zero-order valence-electron chi connectivity index (χ0n) is 14.2. The molecule has 0 N–H and O–H groups in total. The van der Waals surface area contributed by atoms with Gasteiger partial charge in [-0.3, -0.25) is 0 Å². The van der Waals surface area contributed by atoms with Crippen LogP contribution in [0.2, 0.25) is 0 Å². The third-order valence-electron chi connectivity index (χ3n) is 4.71. The van der Waals surface area contributed by atoms with Crippen molar-refractivity contribution in [2.45, 2.75) is 35.1 Å². The van der Waals surface area contributed by atoms with Crippen molar-refractivity contribution in [2.75, 3.05) is 13.3 Å². The van der Waals surface area contributed by atoms with Crippen LogP contribution in [0.15, 0.2) is 58.3 Å². The van der Waals surface area contributed by atoms with E-state index in [-0.39, 0.29) is 15.8 Å². The molecule has 0 heterocycles. The minimum absolute atomic E-state index is 0.102. The highest BCUT2D eigenvalue weighted by Gasteiger charge is 2.32. The standard InChI is InChI=1S/C18H21NO4S2/c1-19(18-9-5-7-14-6-3-4-8-17(14)18)25(22,23)16-12-10-15(11-13-16)24(2,20)21/h3-4,6,8,10-13,18H,5,7,9H2,1-2H3. The quantitative estimate of drug-likeness (QED) is 0.819. The topological polar surface area (TPSA) is 71.5 Å². The minimum atomic E-state index is -3.71. The van der Waals surface area contributed by atoms with Crippen molar-refractivity contribution in [3.05, 3.63) is 59.7 Å². The van der Waals surface area contributed by atoms with Crippen LogP contribution in [0, 0.1) is 0 Å². The maximum absolute atomic E-state index is 13.0. The van der Waals surface area contributed by atoms with Gasteiger partial charge in [0.15, 0.2) is 9.84 Å². The minimum Gasteiger partial charge on any atom is -0.224 e. The van der Waals surface area contributed by atoms with E-state index in [1.54, 1.807) is 7.05 Å². The zero-order chi connectivity index (χ0) is 18.2. The molecule has 0 aliphatic heterocycles. The molecule has 5 nitrogen and oxygen atoms in total. The summed E-state index contributed by atoms with van der Waals surface area (Å²) in [5.41, 5.74) is 2.24. The molecule has 1 atom stereocenters. The molecule has 0 amide bonds. The van der Waals surface area contributed by atoms with E-state index in [0.717, 1.165) is 31.1 Å². The van der Waals surface area contributed by atoms with Gasteiger partial charge in [0.1, 0.15) is 0 Å². The maximum atomic E-state index is 13.0. The van der Waals surface area contributed by atoms with Crippen molar-refractivity contribution < 1.29 is 16.8 Å². The summed E-state index contributed by atoms with van der Waals surface area (Å²) in [6, 6.07) is 13.1. The molecule has 2 aromatic rings. The van der Waals surface area contributed by atoms with Gasteiger partial charge in [0.05, 0.1) is 9.79 Å². The summed E-state index contributed by atoms with van der Waals surface area (Å²) < 4.78 is 50.5. The van der Waals surface area contributed by atoms with Crippen molar-refractivity contribution in [1.29, 1.82) is 0 Å². The molecule has 0 saturated heterocycles. The highest BCUT2D eigenvalue weighted by molar-refractivity contribution is 7.90. The molecule has 0 spiro atoms. The number of hydrogen-bond donors (Lipinski definition) is 0. The van der Waals surface area contributed by atoms with Gasteiger partial charge in [0, 0.05) is 19.3 Å². The highest BCUT2D eigenvalue weighted by atomic mass is 32.2. The van der Waals surface area contributed by atoms with Gasteiger partial charge >= 0.3 is 0 Å². The van der Waals surface area contributed by atoms with Gasteiger partial charge in [-0.15, -0.1) is 0 Å². The normalized spacial score (nSPS) is 18.1. The fourth-order valence-electron chi connectivity index (χ4n) is 3.30. The fraction of sp³-hybridized carbons (Fsp3) is 0.333. The molecule has 7 heteroatoms. The number of aryl methyl sites for hydroxylation is 1. The van der Waals surface area contributed by atoms with Gasteiger partial charge in [-0.1, -0.05) is 24.3 Å². The van der Waals surface area contributed by atoms with Gasteiger partial charge in [-0.25, -0.2) is 16.8 Å². The summed E-state index contributed by atoms with van der Waals surface area (Å²) >= 11 is 0. The molecule has 2 aromatic carbocycles. The smallest absolute Gasteiger partial charge is 0.224 e. The van der Waals surface area contributed by atoms with Crippen molar-refractivity contribution in [2.24, 2.45) is 0 Å². The number of nitrogens with zero attached hydrogens (tertiary/aromatic N) is 1. The molecule has 0 radical (unpaired) electrons. The Hall–Kier alpha value is -1.70. The Morgan fingerprint density at radius 1 is 0.920 bits per heavy atom. The molecule has 0 fully saturated rings. The second-order valence-electron chi connectivity index (χ2n) is 6.37. The average molecular weight is 380 g/mol. The first-order chi connectivity index (χ1) is 11.7. The van der Waals surface area contributed by atoms with E-state index in [9.17, 15) is 16.8 Å². The second-order valence-corrected chi connectivity index (χ2v) is 10.4. The van der Waals surface area contributed by atoms with Crippen LogP contribution in [-0.4, -0.2) is 34.4 Å². The Bertz CT molecular complexity index is 980. The van der Waals surface area contributed by atoms with E-state index >= 15 is 0 Å². The number of hydrogen-bond acceptors (Lipinski definition) is 4. The summed E-state index contributed by atoms with van der Waals surface area (Å²) in [6.45, 7) is 0. The predicted molar refractivity (Wildman–Crippen MR) is 96.6 cm³/mol. The Morgan fingerprint density at radius 2 is 1.52 bits per heavy atom. The average Bonchev–Trinajstić information content (AvgIpc) is 2.60. The highest BCUT2D eigenvalue weighted by Crippen LogP contribution is 2.36. The number of benzene rings is 2. The Kier molecular flexibility index (Phi) is 4.74. The third-order valence-corrected chi connectivity index (χ3v) is 7.71. The summed E-state index contributed by atoms with van der Waals surface area (Å²) in [5.74, 6) is 0. The molecule has 134 valence electrons. The summed E-state index contributed by atoms with van der Waals surface area (Å²) in [6.07, 6.45) is 3.77. The molecule has 0 bridgehead atoms. The van der Waals surface area contributed by atoms with Crippen molar-refractivity contribution in [3.8, 4) is 0 Å². The first-order valence-electron chi connectivity index (χ1n) is 8.07. The monoisotopic (exact) mass is 379 g/mol. The van der Waals surface area contributed by atoms with Crippen LogP contribution in [0.5, 0.6) is 0 Å². The number of sulfonamides is 1. The molecular formula is C18H21NO4S2. The van der Waals surface area contributed by atoms with Crippen molar-refractivity contribution >= 4 is 19.9 Å². The zero-order valence-corrected chi connectivity index (χ0v) is 15.8. The largest absolute Gasteiger partial charge is 0.243 e. The third kappa shape index (κ3) is 3.49. The van der Waals surface area contributed by atoms with Gasteiger partial charge in [-0.05, 0) is 54.7 Å². The first-order valence-corrected chi connectivity index (χ1v) is 11.4. The Morgan fingerprint density at radius 3 is 2.16 bits per heavy atom. The molecule has 0 aromatic heterocycles. The van der Waals surface area contributed by atoms with E-state index in [1.807, 2.05) is 24.3 Å². The second kappa shape index (κ2) is 6.55. The Labute approximate surface area is 149 Å². The van der Waals surface area contributed by atoms with Crippen molar-refractivity contribution in [3.63, 3.8) is 0 Å². The molecule has 1 aliphatic carbocycles. The molecular weight excluding hydrogens is 358 g/mol. The maximum Gasteiger partial charge on any atom is 0.243 e. The predicted octanol–water partition coefficient (Wildman–Crippen LogP) is 2.79. The first kappa shape index (κ1) is 18.1. The van der Waals surface area contributed by atoms with Crippen LogP contribution in [0.4, 0.5) is 0 Å². The van der Waals surface area contributed by atoms with Crippen LogP contribution in [0.1, 0.15) is 30.0 Å².